The van der Waals surface area contributed by atoms with Gasteiger partial charge in [-0.2, -0.15) is 0 Å². The van der Waals surface area contributed by atoms with Crippen LogP contribution >= 0.6 is 0 Å². The molecule has 4 rings (SSSR count). The third-order valence-corrected chi connectivity index (χ3v) is 4.72. The van der Waals surface area contributed by atoms with Gasteiger partial charge in [-0.25, -0.2) is 4.98 Å². The highest BCUT2D eigenvalue weighted by Crippen LogP contribution is 2.11. The largest absolute Gasteiger partial charge is 0.378 e. The minimum Gasteiger partial charge on any atom is -0.378 e. The first kappa shape index (κ1) is 18.8. The number of hydrogen-bond acceptors (Lipinski definition) is 5. The van der Waals surface area contributed by atoms with Crippen LogP contribution in [0.25, 0.3) is 17.1 Å². The number of carbonyl (C=O) groups excluding carboxylic acids is 2. The van der Waals surface area contributed by atoms with Crippen molar-refractivity contribution in [2.75, 3.05) is 26.3 Å². The number of hydrogen-bond donors (Lipinski definition) is 1. The van der Waals surface area contributed by atoms with Gasteiger partial charge in [0.2, 0.25) is 5.78 Å². The van der Waals surface area contributed by atoms with E-state index >= 15 is 0 Å². The maximum Gasteiger partial charge on any atom is 0.278 e. The van der Waals surface area contributed by atoms with Crippen LogP contribution in [0.5, 0.6) is 0 Å². The minimum absolute atomic E-state index is 0.0354. The summed E-state index contributed by atoms with van der Waals surface area (Å²) in [5, 5.41) is 0. The number of H-pyrrole nitrogens is 1. The molecular formula is C22H19N3O4. The zero-order chi connectivity index (χ0) is 20.2. The molecule has 3 aromatic rings. The summed E-state index contributed by atoms with van der Waals surface area (Å²) in [6, 6.07) is 14.0. The molecule has 7 nitrogen and oxygen atoms in total. The van der Waals surface area contributed by atoms with Gasteiger partial charge in [0.1, 0.15) is 0 Å². The maximum atomic E-state index is 12.5. The predicted molar refractivity (Wildman–Crippen MR) is 109 cm³/mol. The molecule has 1 N–H and O–H groups in total. The second-order valence-electron chi connectivity index (χ2n) is 6.66. The van der Waals surface area contributed by atoms with Gasteiger partial charge < -0.3 is 14.6 Å². The van der Waals surface area contributed by atoms with Crippen molar-refractivity contribution in [2.24, 2.45) is 0 Å². The summed E-state index contributed by atoms with van der Waals surface area (Å²) in [5.41, 5.74) is 1.79. The summed E-state index contributed by atoms with van der Waals surface area (Å²) in [6.07, 6.45) is 2.91. The third kappa shape index (κ3) is 4.14. The van der Waals surface area contributed by atoms with E-state index in [1.807, 2.05) is 0 Å². The Morgan fingerprint density at radius 3 is 2.52 bits per heavy atom. The van der Waals surface area contributed by atoms with E-state index in [9.17, 15) is 14.4 Å². The van der Waals surface area contributed by atoms with Gasteiger partial charge in [0.25, 0.3) is 11.5 Å². The van der Waals surface area contributed by atoms with E-state index < -0.39 is 11.3 Å². The summed E-state index contributed by atoms with van der Waals surface area (Å²) in [5.74, 6) is -0.516. The molecule has 146 valence electrons. The fourth-order valence-corrected chi connectivity index (χ4v) is 3.13. The molecule has 0 unspecified atom stereocenters. The van der Waals surface area contributed by atoms with Crippen LogP contribution in [0.15, 0.2) is 59.4 Å². The molecule has 29 heavy (non-hydrogen) atoms. The Kier molecular flexibility index (Phi) is 5.31. The summed E-state index contributed by atoms with van der Waals surface area (Å²) in [6.45, 7) is 2.28. The molecule has 1 aliphatic heterocycles. The third-order valence-electron chi connectivity index (χ3n) is 4.72. The second-order valence-corrected chi connectivity index (χ2v) is 6.66. The number of ether oxygens (including phenoxy) is 1. The number of allylic oxidation sites excluding steroid dienone is 1. The number of amides is 1. The van der Waals surface area contributed by atoms with E-state index in [0.29, 0.717) is 42.9 Å². The number of aromatic nitrogens is 2. The lowest BCUT2D eigenvalue weighted by molar-refractivity contribution is 0.0303. The lowest BCUT2D eigenvalue weighted by Gasteiger charge is -2.26. The van der Waals surface area contributed by atoms with Gasteiger partial charge in [0.05, 0.1) is 24.2 Å². The molecule has 1 aromatic heterocycles. The fraction of sp³-hybridized carbons (Fsp3) is 0.182. The molecular weight excluding hydrogens is 370 g/mol. The molecule has 0 bridgehead atoms. The van der Waals surface area contributed by atoms with E-state index in [1.165, 1.54) is 6.08 Å². The summed E-state index contributed by atoms with van der Waals surface area (Å²) >= 11 is 0. The molecule has 1 aliphatic rings. The van der Waals surface area contributed by atoms with Crippen molar-refractivity contribution in [3.63, 3.8) is 0 Å². The van der Waals surface area contributed by atoms with Crippen LogP contribution in [-0.2, 0) is 4.74 Å². The Balaban J connectivity index is 1.49. The van der Waals surface area contributed by atoms with E-state index in [-0.39, 0.29) is 11.6 Å². The maximum absolute atomic E-state index is 12.5. The molecule has 0 radical (unpaired) electrons. The van der Waals surface area contributed by atoms with E-state index in [2.05, 4.69) is 9.97 Å². The first-order chi connectivity index (χ1) is 14.1. The first-order valence-corrected chi connectivity index (χ1v) is 9.30. The number of carbonyl (C=O) groups is 2. The average molecular weight is 389 g/mol. The molecule has 0 aliphatic carbocycles. The highest BCUT2D eigenvalue weighted by atomic mass is 16.5. The Morgan fingerprint density at radius 2 is 1.76 bits per heavy atom. The number of ketones is 1. The van der Waals surface area contributed by atoms with Gasteiger partial charge in [-0.15, -0.1) is 0 Å². The monoisotopic (exact) mass is 389 g/mol. The smallest absolute Gasteiger partial charge is 0.278 e. The topological polar surface area (TPSA) is 92.4 Å². The molecule has 1 saturated heterocycles. The predicted octanol–water partition coefficient (Wildman–Crippen LogP) is 2.29. The molecule has 1 fully saturated rings. The molecule has 2 aromatic carbocycles. The lowest BCUT2D eigenvalue weighted by atomic mass is 10.1. The first-order valence-electron chi connectivity index (χ1n) is 9.30. The van der Waals surface area contributed by atoms with Crippen molar-refractivity contribution in [2.45, 2.75) is 0 Å². The Labute approximate surface area is 166 Å². The Bertz CT molecular complexity index is 1140. The van der Waals surface area contributed by atoms with Gasteiger partial charge in [-0.3, -0.25) is 14.4 Å². The van der Waals surface area contributed by atoms with Crippen LogP contribution in [-0.4, -0.2) is 52.9 Å². The second kappa shape index (κ2) is 8.20. The van der Waals surface area contributed by atoms with E-state index in [0.717, 1.165) is 5.56 Å². The zero-order valence-corrected chi connectivity index (χ0v) is 15.6. The number of nitrogens with zero attached hydrogens (tertiary/aromatic N) is 2. The van der Waals surface area contributed by atoms with Crippen molar-refractivity contribution in [1.82, 2.24) is 14.9 Å². The lowest BCUT2D eigenvalue weighted by Crippen LogP contribution is -2.40. The van der Waals surface area contributed by atoms with Gasteiger partial charge in [0.15, 0.2) is 5.69 Å². The molecule has 0 saturated carbocycles. The van der Waals surface area contributed by atoms with Gasteiger partial charge >= 0.3 is 0 Å². The van der Waals surface area contributed by atoms with Crippen LogP contribution < -0.4 is 5.56 Å². The van der Waals surface area contributed by atoms with Crippen LogP contribution in [0.3, 0.4) is 0 Å². The zero-order valence-electron chi connectivity index (χ0n) is 15.6. The Hall–Kier alpha value is -3.58. The van der Waals surface area contributed by atoms with Crippen LogP contribution in [0, 0.1) is 0 Å². The van der Waals surface area contributed by atoms with Crippen LogP contribution in [0.2, 0.25) is 0 Å². The van der Waals surface area contributed by atoms with Crippen molar-refractivity contribution in [3.8, 4) is 0 Å². The summed E-state index contributed by atoms with van der Waals surface area (Å²) < 4.78 is 5.26. The van der Waals surface area contributed by atoms with Gasteiger partial charge in [-0.1, -0.05) is 30.3 Å². The molecule has 7 heteroatoms. The highest BCUT2D eigenvalue weighted by Gasteiger charge is 2.18. The van der Waals surface area contributed by atoms with Crippen LogP contribution in [0.1, 0.15) is 26.4 Å². The number of morpholine rings is 1. The van der Waals surface area contributed by atoms with E-state index in [1.54, 1.807) is 59.5 Å². The standard InChI is InChI=1S/C22H19N3O4/c26-19(20-21(27)24-18-4-2-1-3-17(18)23-20)10-7-15-5-8-16(9-6-15)22(28)25-11-13-29-14-12-25/h1-10H,11-14H2,(H,24,27). The molecule has 2 heterocycles. The highest BCUT2D eigenvalue weighted by molar-refractivity contribution is 6.06. The number of nitrogens with one attached hydrogen (secondary N) is 1. The number of benzene rings is 2. The molecule has 1 amide bonds. The normalized spacial score (nSPS) is 14.4. The molecule has 0 atom stereocenters. The average Bonchev–Trinajstić information content (AvgIpc) is 2.77. The number of para-hydroxylation sites is 2. The summed E-state index contributed by atoms with van der Waals surface area (Å²) in [7, 11) is 0. The summed E-state index contributed by atoms with van der Waals surface area (Å²) in [4.78, 5) is 45.6. The number of aromatic amines is 1. The van der Waals surface area contributed by atoms with Gasteiger partial charge in [-0.05, 0) is 35.9 Å². The van der Waals surface area contributed by atoms with E-state index in [4.69, 9.17) is 4.74 Å². The van der Waals surface area contributed by atoms with Crippen molar-refractivity contribution in [3.05, 3.63) is 81.8 Å². The van der Waals surface area contributed by atoms with Crippen molar-refractivity contribution in [1.29, 1.82) is 0 Å². The van der Waals surface area contributed by atoms with Gasteiger partial charge in [0, 0.05) is 18.7 Å². The quantitative estimate of drug-likeness (QED) is 0.546. The SMILES string of the molecule is O=C(C=Cc1ccc(C(=O)N2CCOCC2)cc1)c1nc2ccccc2[nH]c1=O. The van der Waals surface area contributed by atoms with Crippen molar-refractivity contribution < 1.29 is 14.3 Å². The number of rotatable bonds is 4. The fourth-order valence-electron chi connectivity index (χ4n) is 3.13. The molecule has 0 spiro atoms. The minimum atomic E-state index is -0.523. The Morgan fingerprint density at radius 1 is 1.03 bits per heavy atom. The number of fused-ring (bicyclic) bond motifs is 1. The van der Waals surface area contributed by atoms with Crippen LogP contribution in [0.4, 0.5) is 0 Å². The van der Waals surface area contributed by atoms with Crippen molar-refractivity contribution >= 4 is 28.8 Å².